The first kappa shape index (κ1) is 17.4. The Morgan fingerprint density at radius 2 is 2.09 bits per heavy atom. The van der Waals surface area contributed by atoms with E-state index in [-0.39, 0.29) is 61.3 Å². The fourth-order valence-electron chi connectivity index (χ4n) is 1.96. The first-order chi connectivity index (χ1) is 9.88. The van der Waals surface area contributed by atoms with Gasteiger partial charge in [-0.25, -0.2) is 17.4 Å². The minimum absolute atomic E-state index is 0. The number of hydrogen-bond acceptors (Lipinski definition) is 8. The van der Waals surface area contributed by atoms with Crippen LogP contribution in [0.15, 0.2) is 24.2 Å². The molecule has 2 aromatic rings. The molecule has 1 unspecified atom stereocenters. The smallest absolute Gasteiger partial charge is 0.731 e. The quantitative estimate of drug-likeness (QED) is 0.233. The normalized spacial score (nSPS) is 19.9. The van der Waals surface area contributed by atoms with Crippen molar-refractivity contribution in [3.63, 3.8) is 0 Å². The molecule has 13 heteroatoms. The van der Waals surface area contributed by atoms with Crippen LogP contribution in [0.2, 0.25) is 0 Å². The molecule has 0 spiro atoms. The van der Waals surface area contributed by atoms with Crippen LogP contribution in [0.4, 0.5) is 0 Å². The van der Waals surface area contributed by atoms with Gasteiger partial charge in [0.1, 0.15) is 5.69 Å². The molecule has 1 amide bonds. The van der Waals surface area contributed by atoms with Crippen molar-refractivity contribution < 1.29 is 69.1 Å². The number of amides is 1. The Balaban J connectivity index is 0.00000176. The molecule has 1 aliphatic rings. The van der Waals surface area contributed by atoms with Crippen molar-refractivity contribution in [3.05, 3.63) is 29.9 Å². The fraction of sp³-hybridized carbons (Fsp3) is 0.222. The van der Waals surface area contributed by atoms with Gasteiger partial charge in [0.15, 0.2) is 16.5 Å². The minimum atomic E-state index is -4.95. The third-order valence-electron chi connectivity index (χ3n) is 2.80. The fourth-order valence-corrected chi connectivity index (χ4v) is 2.72. The number of hydrogen-bond donors (Lipinski definition) is 0. The zero-order chi connectivity index (χ0) is 15.2. The SMILES string of the molecule is Cn1cc(/C=C2/C(=O)N(S(=O)(=O)[O-])C2n2ccnn2)nn1.[K+]. The van der Waals surface area contributed by atoms with Gasteiger partial charge in [0.05, 0.1) is 18.0 Å². The molecule has 0 radical (unpaired) electrons. The Labute approximate surface area is 167 Å². The summed E-state index contributed by atoms with van der Waals surface area (Å²) in [5.41, 5.74) is 0.411. The number of aromatic nitrogens is 6. The summed E-state index contributed by atoms with van der Waals surface area (Å²) in [5.74, 6) is -0.920. The summed E-state index contributed by atoms with van der Waals surface area (Å²) in [7, 11) is -3.31. The molecule has 0 bridgehead atoms. The van der Waals surface area contributed by atoms with Gasteiger partial charge in [0, 0.05) is 13.2 Å². The predicted octanol–water partition coefficient (Wildman–Crippen LogP) is -4.70. The van der Waals surface area contributed by atoms with E-state index in [9.17, 15) is 17.8 Å². The molecular weight excluding hydrogens is 341 g/mol. The van der Waals surface area contributed by atoms with Crippen LogP contribution >= 0.6 is 0 Å². The van der Waals surface area contributed by atoms with E-state index in [4.69, 9.17) is 0 Å². The summed E-state index contributed by atoms with van der Waals surface area (Å²) in [5, 5.41) is 14.6. The largest absolute Gasteiger partial charge is 1.00 e. The standard InChI is InChI=1S/C9H9N7O4S.K/c1-14-5-6(11-13-14)4-7-8(15-3-2-10-12-15)16(9(7)17)21(18,19)20;/h2-5,8H,1H3,(H,18,19,20);/q;+1/p-1/b7-4+;. The topological polar surface area (TPSA) is 139 Å². The van der Waals surface area contributed by atoms with Gasteiger partial charge in [-0.1, -0.05) is 10.4 Å². The first-order valence-corrected chi connectivity index (χ1v) is 6.98. The second kappa shape index (κ2) is 6.27. The average Bonchev–Trinajstić information content (AvgIpc) is 3.02. The molecular formula is C9H8KN7O4S. The molecule has 1 atom stereocenters. The summed E-state index contributed by atoms with van der Waals surface area (Å²) < 4.78 is 36.2. The number of nitrogens with zero attached hydrogens (tertiary/aromatic N) is 7. The van der Waals surface area contributed by atoms with Gasteiger partial charge in [-0.15, -0.1) is 10.2 Å². The predicted molar refractivity (Wildman–Crippen MR) is 64.6 cm³/mol. The molecule has 0 N–H and O–H groups in total. The van der Waals surface area contributed by atoms with Crippen LogP contribution in [0, 0.1) is 0 Å². The molecule has 22 heavy (non-hydrogen) atoms. The van der Waals surface area contributed by atoms with E-state index in [1.807, 2.05) is 0 Å². The van der Waals surface area contributed by atoms with Gasteiger partial charge in [-0.05, 0) is 6.08 Å². The van der Waals surface area contributed by atoms with Crippen molar-refractivity contribution in [2.24, 2.45) is 7.05 Å². The van der Waals surface area contributed by atoms with Gasteiger partial charge >= 0.3 is 51.4 Å². The van der Waals surface area contributed by atoms with E-state index in [2.05, 4.69) is 20.6 Å². The Bertz CT molecular complexity index is 828. The molecule has 11 nitrogen and oxygen atoms in total. The minimum Gasteiger partial charge on any atom is -0.731 e. The van der Waals surface area contributed by atoms with Crippen LogP contribution in [0.5, 0.6) is 0 Å². The molecule has 1 fully saturated rings. The molecule has 3 heterocycles. The van der Waals surface area contributed by atoms with Gasteiger partial charge in [-0.3, -0.25) is 9.48 Å². The number of aryl methyl sites for hydroxylation is 1. The van der Waals surface area contributed by atoms with Gasteiger partial charge < -0.3 is 4.55 Å². The summed E-state index contributed by atoms with van der Waals surface area (Å²) in [6.07, 6.45) is 4.37. The van der Waals surface area contributed by atoms with Crippen LogP contribution in [0.3, 0.4) is 0 Å². The second-order valence-corrected chi connectivity index (χ2v) is 5.48. The average molecular weight is 349 g/mol. The zero-order valence-corrected chi connectivity index (χ0v) is 15.5. The Morgan fingerprint density at radius 3 is 2.59 bits per heavy atom. The van der Waals surface area contributed by atoms with Gasteiger partial charge in [0.2, 0.25) is 0 Å². The van der Waals surface area contributed by atoms with Crippen molar-refractivity contribution in [1.29, 1.82) is 0 Å². The Kier molecular flexibility index (Phi) is 4.95. The van der Waals surface area contributed by atoms with E-state index >= 15 is 0 Å². The molecule has 110 valence electrons. The van der Waals surface area contributed by atoms with E-state index in [1.54, 1.807) is 7.05 Å². The molecule has 2 aromatic heterocycles. The first-order valence-electron chi connectivity index (χ1n) is 5.61. The third kappa shape index (κ3) is 3.05. The second-order valence-electron chi connectivity index (χ2n) is 4.23. The van der Waals surface area contributed by atoms with Crippen LogP contribution < -0.4 is 51.4 Å². The van der Waals surface area contributed by atoms with Crippen molar-refractivity contribution in [2.75, 3.05) is 0 Å². The summed E-state index contributed by atoms with van der Waals surface area (Å²) in [6, 6.07) is 0. The maximum Gasteiger partial charge on any atom is 1.00 e. The number of carbonyl (C=O) groups excluding carboxylic acids is 1. The van der Waals surface area contributed by atoms with Crippen LogP contribution in [0.25, 0.3) is 6.08 Å². The monoisotopic (exact) mass is 349 g/mol. The molecule has 0 aromatic carbocycles. The van der Waals surface area contributed by atoms with Crippen LogP contribution in [-0.4, -0.2) is 53.2 Å². The number of carbonyl (C=O) groups is 1. The van der Waals surface area contributed by atoms with E-state index in [0.29, 0.717) is 5.69 Å². The van der Waals surface area contributed by atoms with Crippen molar-refractivity contribution in [2.45, 2.75) is 6.17 Å². The van der Waals surface area contributed by atoms with Crippen molar-refractivity contribution in [3.8, 4) is 0 Å². The summed E-state index contributed by atoms with van der Waals surface area (Å²) in [6.45, 7) is 0. The molecule has 0 aliphatic carbocycles. The van der Waals surface area contributed by atoms with Crippen LogP contribution in [0.1, 0.15) is 11.9 Å². The van der Waals surface area contributed by atoms with E-state index < -0.39 is 22.4 Å². The maximum atomic E-state index is 11.9. The van der Waals surface area contributed by atoms with Crippen LogP contribution in [-0.2, 0) is 22.1 Å². The third-order valence-corrected chi connectivity index (χ3v) is 3.65. The summed E-state index contributed by atoms with van der Waals surface area (Å²) in [4.78, 5) is 11.9. The van der Waals surface area contributed by atoms with E-state index in [0.717, 1.165) is 4.68 Å². The Hall–Kier alpha value is -0.964. The van der Waals surface area contributed by atoms with Gasteiger partial charge in [-0.2, -0.15) is 0 Å². The van der Waals surface area contributed by atoms with E-state index in [1.165, 1.54) is 29.3 Å². The summed E-state index contributed by atoms with van der Waals surface area (Å²) >= 11 is 0. The van der Waals surface area contributed by atoms with Crippen molar-refractivity contribution >= 4 is 22.3 Å². The zero-order valence-electron chi connectivity index (χ0n) is 11.6. The van der Waals surface area contributed by atoms with Crippen molar-refractivity contribution in [1.82, 2.24) is 34.3 Å². The molecule has 3 rings (SSSR count). The number of rotatable bonds is 3. The maximum absolute atomic E-state index is 11.9. The molecule has 1 saturated heterocycles. The molecule has 0 saturated carbocycles. The molecule has 1 aliphatic heterocycles. The Morgan fingerprint density at radius 1 is 1.36 bits per heavy atom. The number of β-lactam (4-membered cyclic amide) rings is 1. The van der Waals surface area contributed by atoms with Gasteiger partial charge in [0.25, 0.3) is 5.91 Å².